The third-order valence-corrected chi connectivity index (χ3v) is 5.08. The number of rotatable bonds is 8. The molecule has 0 aliphatic carbocycles. The van der Waals surface area contributed by atoms with Crippen molar-refractivity contribution in [2.75, 3.05) is 85.6 Å². The summed E-state index contributed by atoms with van der Waals surface area (Å²) in [5.41, 5.74) is 0. The van der Waals surface area contributed by atoms with E-state index in [0.717, 1.165) is 0 Å². The van der Waals surface area contributed by atoms with Gasteiger partial charge in [0, 0.05) is 52.9 Å². The fraction of sp³-hybridized carbons (Fsp3) is 0.789. The first-order valence-corrected chi connectivity index (χ1v) is 10.4. The van der Waals surface area contributed by atoms with Gasteiger partial charge in [-0.15, -0.1) is 0 Å². The van der Waals surface area contributed by atoms with Gasteiger partial charge in [0.05, 0.1) is 26.2 Å². The van der Waals surface area contributed by atoms with Gasteiger partial charge in [0.2, 0.25) is 5.91 Å². The van der Waals surface area contributed by atoms with Crippen molar-refractivity contribution < 1.29 is 34.5 Å². The molecule has 12 nitrogen and oxygen atoms in total. The van der Waals surface area contributed by atoms with Crippen molar-refractivity contribution in [3.63, 3.8) is 0 Å². The van der Waals surface area contributed by atoms with Crippen molar-refractivity contribution in [1.29, 1.82) is 0 Å². The Hall–Kier alpha value is -2.28. The van der Waals surface area contributed by atoms with Crippen molar-refractivity contribution in [2.24, 2.45) is 0 Å². The Morgan fingerprint density at radius 3 is 1.13 bits per heavy atom. The normalized spacial score (nSPS) is 19.4. The minimum absolute atomic E-state index is 0.126. The summed E-state index contributed by atoms with van der Waals surface area (Å²) in [7, 11) is 1.56. The molecule has 0 aromatic heterocycles. The van der Waals surface area contributed by atoms with E-state index in [9.17, 15) is 29.4 Å². The van der Waals surface area contributed by atoms with Gasteiger partial charge in [-0.25, -0.2) is 0 Å². The lowest BCUT2D eigenvalue weighted by atomic mass is 10.2. The molecule has 12 heteroatoms. The molecule has 1 fully saturated rings. The van der Waals surface area contributed by atoms with E-state index in [0.29, 0.717) is 65.2 Å². The van der Waals surface area contributed by atoms with E-state index in [-0.39, 0.29) is 32.1 Å². The molecule has 1 aliphatic rings. The van der Waals surface area contributed by atoms with Crippen molar-refractivity contribution in [3.8, 4) is 0 Å². The summed E-state index contributed by atoms with van der Waals surface area (Å²) in [5, 5.41) is 30.1. The summed E-state index contributed by atoms with van der Waals surface area (Å²) in [6.45, 7) is 3.54. The molecule has 1 aliphatic heterocycles. The topological polar surface area (TPSA) is 154 Å². The zero-order chi connectivity index (χ0) is 23.2. The molecule has 1 amide bonds. The zero-order valence-corrected chi connectivity index (χ0v) is 18.2. The van der Waals surface area contributed by atoms with Crippen LogP contribution in [0.3, 0.4) is 0 Å². The SMILES string of the molecule is CNC(=O)CN1CCCN(CC(=O)O)CCN(CC(=O)O)CCCN(CC(=O)O)CC1. The Morgan fingerprint density at radius 1 is 0.581 bits per heavy atom. The van der Waals surface area contributed by atoms with Crippen molar-refractivity contribution in [1.82, 2.24) is 24.9 Å². The van der Waals surface area contributed by atoms with E-state index in [1.54, 1.807) is 21.7 Å². The van der Waals surface area contributed by atoms with E-state index in [4.69, 9.17) is 5.11 Å². The number of nitrogens with zero attached hydrogens (tertiary/aromatic N) is 4. The van der Waals surface area contributed by atoms with Gasteiger partial charge in [0.1, 0.15) is 0 Å². The van der Waals surface area contributed by atoms with E-state index >= 15 is 0 Å². The minimum atomic E-state index is -0.960. The average molecular weight is 446 g/mol. The average Bonchev–Trinajstić information content (AvgIpc) is 2.67. The van der Waals surface area contributed by atoms with Crippen LogP contribution in [0.1, 0.15) is 12.8 Å². The van der Waals surface area contributed by atoms with Crippen LogP contribution in [0.5, 0.6) is 0 Å². The molecule has 1 saturated heterocycles. The molecular weight excluding hydrogens is 410 g/mol. The number of aliphatic carboxylic acids is 3. The first-order valence-electron chi connectivity index (χ1n) is 10.4. The zero-order valence-electron chi connectivity index (χ0n) is 18.2. The van der Waals surface area contributed by atoms with Crippen LogP contribution in [0.15, 0.2) is 0 Å². The van der Waals surface area contributed by atoms with Gasteiger partial charge >= 0.3 is 17.9 Å². The Balaban J connectivity index is 2.90. The van der Waals surface area contributed by atoms with Gasteiger partial charge in [-0.1, -0.05) is 0 Å². The molecule has 0 bridgehead atoms. The van der Waals surface area contributed by atoms with Gasteiger partial charge in [0.15, 0.2) is 0 Å². The number of hydrogen-bond acceptors (Lipinski definition) is 8. The summed E-state index contributed by atoms with van der Waals surface area (Å²) in [6.07, 6.45) is 1.21. The molecule has 0 aromatic rings. The largest absolute Gasteiger partial charge is 0.480 e. The lowest BCUT2D eigenvalue weighted by molar-refractivity contribution is -0.140. The number of amides is 1. The second kappa shape index (κ2) is 14.7. The maximum Gasteiger partial charge on any atom is 0.317 e. The number of carbonyl (C=O) groups is 4. The molecule has 4 N–H and O–H groups in total. The summed E-state index contributed by atoms with van der Waals surface area (Å²) < 4.78 is 0. The van der Waals surface area contributed by atoms with Crippen LogP contribution < -0.4 is 5.32 Å². The van der Waals surface area contributed by atoms with Crippen LogP contribution in [0, 0.1) is 0 Å². The van der Waals surface area contributed by atoms with Crippen molar-refractivity contribution in [3.05, 3.63) is 0 Å². The fourth-order valence-electron chi connectivity index (χ4n) is 3.54. The van der Waals surface area contributed by atoms with E-state index in [1.807, 2.05) is 4.90 Å². The minimum Gasteiger partial charge on any atom is -0.480 e. The highest BCUT2D eigenvalue weighted by Crippen LogP contribution is 2.03. The smallest absolute Gasteiger partial charge is 0.317 e. The van der Waals surface area contributed by atoms with Crippen LogP contribution in [-0.2, 0) is 19.2 Å². The number of hydrogen-bond donors (Lipinski definition) is 4. The first-order chi connectivity index (χ1) is 14.7. The molecule has 0 aromatic carbocycles. The molecule has 0 atom stereocenters. The Morgan fingerprint density at radius 2 is 0.871 bits per heavy atom. The standard InChI is InChI=1S/C19H35N5O7/c1-20-16(25)12-21-4-2-5-23(14-18(28)29)10-11-24(15-19(30)31)7-3-6-22(9-8-21)13-17(26)27/h2-15H2,1H3,(H,20,25)(H,26,27)(H,28,29)(H,30,31). The molecular formula is C19H35N5O7. The summed E-state index contributed by atoms with van der Waals surface area (Å²) in [5.74, 6) is -2.99. The molecule has 1 rings (SSSR count). The molecule has 0 saturated carbocycles. The summed E-state index contributed by atoms with van der Waals surface area (Å²) in [4.78, 5) is 52.7. The number of carboxylic acid groups (broad SMARTS) is 3. The van der Waals surface area contributed by atoms with Gasteiger partial charge in [-0.05, 0) is 19.4 Å². The van der Waals surface area contributed by atoms with E-state index < -0.39 is 17.9 Å². The lowest BCUT2D eigenvalue weighted by Crippen LogP contribution is -2.45. The van der Waals surface area contributed by atoms with Crippen LogP contribution in [0.2, 0.25) is 0 Å². The molecule has 0 unspecified atom stereocenters. The fourth-order valence-corrected chi connectivity index (χ4v) is 3.54. The number of carbonyl (C=O) groups excluding carboxylic acids is 1. The Kier molecular flexibility index (Phi) is 12.7. The van der Waals surface area contributed by atoms with Crippen LogP contribution in [0.4, 0.5) is 0 Å². The van der Waals surface area contributed by atoms with Crippen molar-refractivity contribution in [2.45, 2.75) is 12.8 Å². The van der Waals surface area contributed by atoms with Gasteiger partial charge in [0.25, 0.3) is 0 Å². The second-order valence-corrected chi connectivity index (χ2v) is 7.67. The van der Waals surface area contributed by atoms with Crippen molar-refractivity contribution >= 4 is 23.8 Å². The lowest BCUT2D eigenvalue weighted by Gasteiger charge is -2.30. The monoisotopic (exact) mass is 445 g/mol. The first kappa shape index (κ1) is 26.8. The van der Waals surface area contributed by atoms with Gasteiger partial charge < -0.3 is 20.6 Å². The molecule has 178 valence electrons. The molecule has 0 spiro atoms. The van der Waals surface area contributed by atoms with Crippen LogP contribution in [-0.4, -0.2) is 144 Å². The number of nitrogens with one attached hydrogen (secondary N) is 1. The predicted molar refractivity (Wildman–Crippen MR) is 112 cm³/mol. The third kappa shape index (κ3) is 12.9. The highest BCUT2D eigenvalue weighted by molar-refractivity contribution is 5.77. The molecule has 0 radical (unpaired) electrons. The van der Waals surface area contributed by atoms with Gasteiger partial charge in [-0.3, -0.25) is 38.8 Å². The second-order valence-electron chi connectivity index (χ2n) is 7.67. The summed E-state index contributed by atoms with van der Waals surface area (Å²) >= 11 is 0. The number of likely N-dealkylation sites (N-methyl/N-ethyl adjacent to an activating group) is 1. The highest BCUT2D eigenvalue weighted by atomic mass is 16.4. The maximum absolute atomic E-state index is 11.8. The van der Waals surface area contributed by atoms with E-state index in [2.05, 4.69) is 5.32 Å². The van der Waals surface area contributed by atoms with E-state index in [1.165, 1.54) is 0 Å². The van der Waals surface area contributed by atoms with Crippen LogP contribution in [0.25, 0.3) is 0 Å². The Bertz CT molecular complexity index is 604. The third-order valence-electron chi connectivity index (χ3n) is 5.08. The molecule has 1 heterocycles. The molecule has 31 heavy (non-hydrogen) atoms. The van der Waals surface area contributed by atoms with Crippen LogP contribution >= 0.6 is 0 Å². The van der Waals surface area contributed by atoms with Gasteiger partial charge in [-0.2, -0.15) is 0 Å². The quantitative estimate of drug-likeness (QED) is 0.328. The predicted octanol–water partition coefficient (Wildman–Crippen LogP) is -2.01. The number of carboxylic acids is 3. The summed E-state index contributed by atoms with van der Waals surface area (Å²) in [6, 6.07) is 0. The highest BCUT2D eigenvalue weighted by Gasteiger charge is 2.19. The maximum atomic E-state index is 11.8. The Labute approximate surface area is 182 Å².